The number of halogens is 6. The van der Waals surface area contributed by atoms with E-state index in [1.165, 1.54) is 6.92 Å². The largest absolute Gasteiger partial charge is 0.485 e. The highest BCUT2D eigenvalue weighted by Crippen LogP contribution is 2.22. The molecule has 0 aromatic heterocycles. The summed E-state index contributed by atoms with van der Waals surface area (Å²) in [6.07, 6.45) is -4.60. The number of hydrogen-bond donors (Lipinski definition) is 2. The van der Waals surface area contributed by atoms with Gasteiger partial charge in [-0.05, 0) is 38.5 Å². The van der Waals surface area contributed by atoms with Gasteiger partial charge in [0, 0.05) is 12.6 Å². The molecule has 0 spiro atoms. The van der Waals surface area contributed by atoms with E-state index in [-0.39, 0.29) is 12.6 Å². The second-order valence-electron chi connectivity index (χ2n) is 6.34. The summed E-state index contributed by atoms with van der Waals surface area (Å²) in [5.74, 6) is -1.81. The lowest BCUT2D eigenvalue weighted by Crippen LogP contribution is -2.44. The lowest BCUT2D eigenvalue weighted by molar-refractivity contribution is -0.165. The Hall–Kier alpha value is -2.17. The van der Waals surface area contributed by atoms with Gasteiger partial charge in [0.2, 0.25) is 0 Å². The Kier molecular flexibility index (Phi) is 9.54. The van der Waals surface area contributed by atoms with Crippen molar-refractivity contribution in [2.75, 3.05) is 26.3 Å². The number of amides is 1. The zero-order chi connectivity index (χ0) is 22.1. The maximum Gasteiger partial charge on any atom is 0.422 e. The molecule has 1 fully saturated rings. The van der Waals surface area contributed by atoms with Gasteiger partial charge in [-0.25, -0.2) is 0 Å². The second kappa shape index (κ2) is 11.1. The minimum atomic E-state index is -4.66. The van der Waals surface area contributed by atoms with Crippen LogP contribution in [0, 0.1) is 0 Å². The smallest absolute Gasteiger partial charge is 0.422 e. The Morgan fingerprint density at radius 2 is 1.76 bits per heavy atom. The van der Waals surface area contributed by atoms with Gasteiger partial charge in [-0.15, -0.1) is 0 Å². The number of piperidine rings is 1. The molecular formula is C18H24F6N2O3. The molecule has 2 N–H and O–H groups in total. The number of carbonyl (C=O) groups is 1. The van der Waals surface area contributed by atoms with E-state index < -0.39 is 48.6 Å². The van der Waals surface area contributed by atoms with Crippen LogP contribution in [0.3, 0.4) is 0 Å². The summed E-state index contributed by atoms with van der Waals surface area (Å²) < 4.78 is 83.3. The number of allylic oxidation sites excluding steroid dienone is 2. The molecule has 29 heavy (non-hydrogen) atoms. The fourth-order valence-electron chi connectivity index (χ4n) is 2.51. The van der Waals surface area contributed by atoms with Gasteiger partial charge in [-0.2, -0.15) is 26.3 Å². The van der Waals surface area contributed by atoms with Crippen molar-refractivity contribution >= 4 is 5.91 Å². The summed E-state index contributed by atoms with van der Waals surface area (Å²) in [6, 6.07) is -0.0104. The normalized spacial score (nSPS) is 18.9. The number of hydrogen-bond acceptors (Lipinski definition) is 4. The van der Waals surface area contributed by atoms with Crippen molar-refractivity contribution < 1.29 is 40.6 Å². The van der Waals surface area contributed by atoms with Crippen molar-refractivity contribution in [3.8, 4) is 0 Å². The van der Waals surface area contributed by atoms with Gasteiger partial charge in [-0.1, -0.05) is 13.0 Å². The Morgan fingerprint density at radius 1 is 1.14 bits per heavy atom. The van der Waals surface area contributed by atoms with Gasteiger partial charge in [0.25, 0.3) is 5.91 Å². The van der Waals surface area contributed by atoms with Crippen LogP contribution >= 0.6 is 0 Å². The van der Waals surface area contributed by atoms with Crippen LogP contribution in [-0.2, 0) is 14.3 Å². The summed E-state index contributed by atoms with van der Waals surface area (Å²) in [6.45, 7) is 2.24. The van der Waals surface area contributed by atoms with E-state index in [1.807, 2.05) is 0 Å². The van der Waals surface area contributed by atoms with Crippen molar-refractivity contribution in [1.29, 1.82) is 0 Å². The van der Waals surface area contributed by atoms with Gasteiger partial charge >= 0.3 is 12.4 Å². The van der Waals surface area contributed by atoms with E-state index in [0.29, 0.717) is 0 Å². The highest BCUT2D eigenvalue weighted by Gasteiger charge is 2.31. The predicted octanol–water partition coefficient (Wildman–Crippen LogP) is 3.75. The third-order valence-corrected chi connectivity index (χ3v) is 3.81. The molecule has 0 aliphatic carbocycles. The van der Waals surface area contributed by atoms with Crippen LogP contribution in [0.2, 0.25) is 0 Å². The predicted molar refractivity (Wildman–Crippen MR) is 93.6 cm³/mol. The van der Waals surface area contributed by atoms with E-state index in [4.69, 9.17) is 0 Å². The van der Waals surface area contributed by atoms with Gasteiger partial charge < -0.3 is 20.1 Å². The van der Waals surface area contributed by atoms with Crippen LogP contribution in [0.4, 0.5) is 26.3 Å². The summed E-state index contributed by atoms with van der Waals surface area (Å²) in [7, 11) is 0. The van der Waals surface area contributed by atoms with Crippen molar-refractivity contribution in [2.45, 2.75) is 44.6 Å². The van der Waals surface area contributed by atoms with Crippen LogP contribution in [0.25, 0.3) is 0 Å². The topological polar surface area (TPSA) is 59.6 Å². The highest BCUT2D eigenvalue weighted by atomic mass is 19.4. The Labute approximate surface area is 164 Å². The molecule has 1 heterocycles. The average Bonchev–Trinajstić information content (AvgIpc) is 2.63. The van der Waals surface area contributed by atoms with Crippen molar-refractivity contribution in [3.63, 3.8) is 0 Å². The maximum atomic E-state index is 12.5. The lowest BCUT2D eigenvalue weighted by Gasteiger charge is -2.24. The third-order valence-electron chi connectivity index (χ3n) is 3.81. The number of rotatable bonds is 9. The Balaban J connectivity index is 2.91. The van der Waals surface area contributed by atoms with Crippen molar-refractivity contribution in [1.82, 2.24) is 10.6 Å². The van der Waals surface area contributed by atoms with Crippen LogP contribution < -0.4 is 10.6 Å². The third kappa shape index (κ3) is 10.8. The lowest BCUT2D eigenvalue weighted by atomic mass is 10.0. The highest BCUT2D eigenvalue weighted by molar-refractivity contribution is 5.97. The summed E-state index contributed by atoms with van der Waals surface area (Å²) in [5, 5.41) is 5.73. The number of ether oxygens (including phenoxy) is 2. The minimum absolute atomic E-state index is 0.0104. The van der Waals surface area contributed by atoms with Crippen LogP contribution in [-0.4, -0.2) is 50.6 Å². The molecule has 1 unspecified atom stereocenters. The maximum absolute atomic E-state index is 12.5. The zero-order valence-corrected chi connectivity index (χ0v) is 15.9. The molecule has 5 nitrogen and oxygen atoms in total. The van der Waals surface area contributed by atoms with Gasteiger partial charge in [0.1, 0.15) is 11.5 Å². The number of carbonyl (C=O) groups excluding carboxylic acids is 1. The van der Waals surface area contributed by atoms with E-state index in [0.717, 1.165) is 38.0 Å². The molecule has 0 aromatic rings. The molecule has 1 amide bonds. The van der Waals surface area contributed by atoms with Gasteiger partial charge in [0.05, 0.1) is 5.57 Å². The molecule has 0 saturated carbocycles. The van der Waals surface area contributed by atoms with Crippen molar-refractivity contribution in [3.05, 3.63) is 35.8 Å². The van der Waals surface area contributed by atoms with Gasteiger partial charge in [0.15, 0.2) is 13.2 Å². The van der Waals surface area contributed by atoms with E-state index in [9.17, 15) is 31.1 Å². The first-order chi connectivity index (χ1) is 13.4. The van der Waals surface area contributed by atoms with E-state index in [2.05, 4.69) is 26.7 Å². The first-order valence-electron chi connectivity index (χ1n) is 8.89. The molecule has 166 valence electrons. The molecule has 0 aromatic carbocycles. The quantitative estimate of drug-likeness (QED) is 0.253. The molecule has 1 aliphatic rings. The summed E-state index contributed by atoms with van der Waals surface area (Å²) in [4.78, 5) is 12.5. The molecule has 11 heteroatoms. The van der Waals surface area contributed by atoms with Gasteiger partial charge in [-0.3, -0.25) is 4.79 Å². The molecule has 0 radical (unpaired) electrons. The average molecular weight is 430 g/mol. The second-order valence-corrected chi connectivity index (χ2v) is 6.34. The number of nitrogens with one attached hydrogen (secondary N) is 2. The standard InChI is InChI=1S/C18H24F6N2O3/c1-3-15(29-11-18(22,23)24)14(8-12(2)28-10-17(19,20)21)16(27)26-9-13-6-4-5-7-25-13/h3,8,13,25H,2,4-7,9-11H2,1H3,(H,26,27)/b14-8+,15-3+. The summed E-state index contributed by atoms with van der Waals surface area (Å²) in [5.41, 5.74) is -0.417. The Bertz CT molecular complexity index is 620. The van der Waals surface area contributed by atoms with Crippen molar-refractivity contribution in [2.24, 2.45) is 0 Å². The molecule has 1 aliphatic heterocycles. The molecule has 1 atom stereocenters. The van der Waals surface area contributed by atoms with E-state index in [1.54, 1.807) is 0 Å². The van der Waals surface area contributed by atoms with Crippen LogP contribution in [0.15, 0.2) is 35.8 Å². The van der Waals surface area contributed by atoms with Crippen LogP contribution in [0.5, 0.6) is 0 Å². The summed E-state index contributed by atoms with van der Waals surface area (Å²) >= 11 is 0. The van der Waals surface area contributed by atoms with Crippen LogP contribution in [0.1, 0.15) is 26.2 Å². The fraction of sp³-hybridized carbons (Fsp3) is 0.611. The first kappa shape index (κ1) is 24.9. The molecule has 1 rings (SSSR count). The first-order valence-corrected chi connectivity index (χ1v) is 8.89. The molecular weight excluding hydrogens is 406 g/mol. The van der Waals surface area contributed by atoms with E-state index >= 15 is 0 Å². The Morgan fingerprint density at radius 3 is 2.28 bits per heavy atom. The monoisotopic (exact) mass is 430 g/mol. The SMILES string of the molecule is C=C(/C=C(C(=O)NCC1CCCCN1)\C(=C/C)OCC(F)(F)F)OCC(F)(F)F. The minimum Gasteiger partial charge on any atom is -0.485 e. The molecule has 1 saturated heterocycles. The fourth-order valence-corrected chi connectivity index (χ4v) is 2.51. The number of alkyl halides is 6. The molecule has 0 bridgehead atoms. The zero-order valence-electron chi connectivity index (χ0n) is 15.9.